The number of carbonyl (C=O) groups excluding carboxylic acids is 2. The molecule has 2 amide bonds. The number of hydrogen-bond acceptors (Lipinski definition) is 4. The van der Waals surface area contributed by atoms with Crippen LogP contribution < -0.4 is 5.32 Å². The third kappa shape index (κ3) is 4.02. The van der Waals surface area contributed by atoms with Gasteiger partial charge in [-0.25, -0.2) is 4.79 Å². The minimum Gasteiger partial charge on any atom is -0.448 e. The summed E-state index contributed by atoms with van der Waals surface area (Å²) in [5, 5.41) is 2.96. The molecule has 1 aliphatic carbocycles. The number of benzene rings is 1. The zero-order chi connectivity index (χ0) is 20.9. The van der Waals surface area contributed by atoms with Gasteiger partial charge in [-0.15, -0.1) is 12.4 Å². The van der Waals surface area contributed by atoms with Gasteiger partial charge in [-0.3, -0.25) is 9.69 Å². The number of anilines is 1. The standard InChI is InChI=1S/C24H26N4O3.ClH/c29-23-21(10-19-7-16(11-25-19)12-27-13-17-9-18(17)14-27)20-8-15(1-2-22(20)26-23)3-4-28-5-6-31-24(28)30;/h1-2,7-8,10-11,17-18,25H,3-6,9,12-14H2,(H,26,29);1H/t17-,18+;. The van der Waals surface area contributed by atoms with E-state index in [4.69, 9.17) is 4.74 Å². The van der Waals surface area contributed by atoms with Gasteiger partial charge in [0.2, 0.25) is 0 Å². The third-order valence-corrected chi connectivity index (χ3v) is 6.91. The molecule has 8 heteroatoms. The van der Waals surface area contributed by atoms with Crippen LogP contribution in [0.1, 0.15) is 28.8 Å². The summed E-state index contributed by atoms with van der Waals surface area (Å²) in [5.41, 5.74) is 5.74. The van der Waals surface area contributed by atoms with Gasteiger partial charge >= 0.3 is 6.09 Å². The fourth-order valence-electron chi connectivity index (χ4n) is 5.10. The van der Waals surface area contributed by atoms with Crippen LogP contribution in [-0.2, 0) is 22.5 Å². The van der Waals surface area contributed by atoms with E-state index >= 15 is 0 Å². The zero-order valence-corrected chi connectivity index (χ0v) is 18.6. The van der Waals surface area contributed by atoms with Crippen molar-refractivity contribution in [3.05, 3.63) is 52.8 Å². The molecule has 4 heterocycles. The molecule has 1 saturated carbocycles. The van der Waals surface area contributed by atoms with Crippen LogP contribution >= 0.6 is 12.4 Å². The van der Waals surface area contributed by atoms with E-state index in [0.29, 0.717) is 25.3 Å². The quantitative estimate of drug-likeness (QED) is 0.656. The second-order valence-corrected chi connectivity index (χ2v) is 9.16. The SMILES string of the molecule is Cl.O=C1Nc2ccc(CCN3CCOC3=O)cc2C1=Cc1cc(CN2C[C@H]3C[C@H]3C2)c[nH]1. The molecule has 6 rings (SSSR count). The van der Waals surface area contributed by atoms with Crippen molar-refractivity contribution in [1.82, 2.24) is 14.8 Å². The summed E-state index contributed by atoms with van der Waals surface area (Å²) in [6.45, 7) is 5.14. The Morgan fingerprint density at radius 3 is 2.75 bits per heavy atom. The topological polar surface area (TPSA) is 77.7 Å². The van der Waals surface area contributed by atoms with E-state index in [1.807, 2.05) is 18.2 Å². The molecule has 2 N–H and O–H groups in total. The smallest absolute Gasteiger partial charge is 0.409 e. The Morgan fingerprint density at radius 1 is 1.12 bits per heavy atom. The Labute approximate surface area is 193 Å². The number of cyclic esters (lactones) is 1. The van der Waals surface area contributed by atoms with Gasteiger partial charge in [0, 0.05) is 49.3 Å². The van der Waals surface area contributed by atoms with Crippen LogP contribution in [0.25, 0.3) is 11.6 Å². The molecule has 0 unspecified atom stereocenters. The number of fused-ring (bicyclic) bond motifs is 2. The summed E-state index contributed by atoms with van der Waals surface area (Å²) in [6.07, 6.45) is 5.89. The number of hydrogen-bond donors (Lipinski definition) is 2. The summed E-state index contributed by atoms with van der Waals surface area (Å²) in [6, 6.07) is 8.16. The number of piperidine rings is 1. The van der Waals surface area contributed by atoms with E-state index in [-0.39, 0.29) is 24.4 Å². The van der Waals surface area contributed by atoms with Crippen LogP contribution in [0, 0.1) is 11.8 Å². The number of likely N-dealkylation sites (tertiary alicyclic amines) is 1. The van der Waals surface area contributed by atoms with Gasteiger partial charge in [-0.05, 0) is 60.1 Å². The highest BCUT2D eigenvalue weighted by molar-refractivity contribution is 6.34. The zero-order valence-electron chi connectivity index (χ0n) is 17.8. The predicted octanol–water partition coefficient (Wildman–Crippen LogP) is 3.38. The van der Waals surface area contributed by atoms with Crippen molar-refractivity contribution < 1.29 is 14.3 Å². The molecule has 0 bridgehead atoms. The highest BCUT2D eigenvalue weighted by Crippen LogP contribution is 2.45. The van der Waals surface area contributed by atoms with Gasteiger partial charge in [0.15, 0.2) is 0 Å². The van der Waals surface area contributed by atoms with Gasteiger partial charge in [0.25, 0.3) is 5.91 Å². The summed E-state index contributed by atoms with van der Waals surface area (Å²) in [5.74, 6) is 1.79. The fraction of sp³-hybridized carbons (Fsp3) is 0.417. The first-order valence-electron chi connectivity index (χ1n) is 11.1. The normalized spacial score (nSPS) is 24.9. The fourth-order valence-corrected chi connectivity index (χ4v) is 5.10. The maximum Gasteiger partial charge on any atom is 0.409 e. The van der Waals surface area contributed by atoms with Gasteiger partial charge in [-0.1, -0.05) is 6.07 Å². The molecule has 168 valence electrons. The van der Waals surface area contributed by atoms with Crippen molar-refractivity contribution in [3.8, 4) is 0 Å². The Hall–Kier alpha value is -2.77. The Morgan fingerprint density at radius 2 is 1.97 bits per heavy atom. The number of carbonyl (C=O) groups is 2. The first kappa shape index (κ1) is 21.1. The number of amides is 2. The molecule has 2 aromatic rings. The Bertz CT molecular complexity index is 1080. The van der Waals surface area contributed by atoms with Crippen molar-refractivity contribution >= 4 is 41.7 Å². The molecule has 1 aromatic heterocycles. The lowest BCUT2D eigenvalue weighted by atomic mass is 10.0. The highest BCUT2D eigenvalue weighted by Gasteiger charge is 2.44. The lowest BCUT2D eigenvalue weighted by Crippen LogP contribution is -2.26. The minimum atomic E-state index is -0.243. The van der Waals surface area contributed by atoms with E-state index in [9.17, 15) is 9.59 Å². The van der Waals surface area contributed by atoms with Gasteiger partial charge in [-0.2, -0.15) is 0 Å². The lowest BCUT2D eigenvalue weighted by molar-refractivity contribution is -0.110. The molecule has 32 heavy (non-hydrogen) atoms. The molecular weight excluding hydrogens is 428 g/mol. The number of nitrogens with zero attached hydrogens (tertiary/aromatic N) is 2. The number of rotatable bonds is 6. The van der Waals surface area contributed by atoms with E-state index in [0.717, 1.165) is 47.3 Å². The third-order valence-electron chi connectivity index (χ3n) is 6.91. The molecule has 1 aromatic carbocycles. The second-order valence-electron chi connectivity index (χ2n) is 9.16. The first-order valence-corrected chi connectivity index (χ1v) is 11.1. The summed E-state index contributed by atoms with van der Waals surface area (Å²) >= 11 is 0. The maximum absolute atomic E-state index is 12.6. The summed E-state index contributed by atoms with van der Waals surface area (Å²) < 4.78 is 4.99. The van der Waals surface area contributed by atoms with Crippen LogP contribution in [0.4, 0.5) is 10.5 Å². The first-order chi connectivity index (χ1) is 15.1. The number of aromatic amines is 1. The number of ether oxygens (including phenoxy) is 1. The average Bonchev–Trinajstić information content (AvgIpc) is 3.17. The second kappa shape index (κ2) is 8.30. The largest absolute Gasteiger partial charge is 0.448 e. The van der Waals surface area contributed by atoms with Crippen molar-refractivity contribution in [3.63, 3.8) is 0 Å². The molecule has 7 nitrogen and oxygen atoms in total. The van der Waals surface area contributed by atoms with Crippen LogP contribution in [0.3, 0.4) is 0 Å². The van der Waals surface area contributed by atoms with Crippen LogP contribution in [-0.4, -0.2) is 59.6 Å². The van der Waals surface area contributed by atoms with Crippen molar-refractivity contribution in [2.75, 3.05) is 38.1 Å². The Balaban J connectivity index is 0.00000216. The molecule has 0 radical (unpaired) electrons. The molecule has 2 atom stereocenters. The molecule has 3 fully saturated rings. The molecular formula is C24H27ClN4O3. The summed E-state index contributed by atoms with van der Waals surface area (Å²) in [4.78, 5) is 31.8. The monoisotopic (exact) mass is 454 g/mol. The number of H-pyrrole nitrogens is 1. The van der Waals surface area contributed by atoms with E-state index in [1.165, 1.54) is 25.1 Å². The lowest BCUT2D eigenvalue weighted by Gasteiger charge is -2.15. The average molecular weight is 455 g/mol. The van der Waals surface area contributed by atoms with Crippen molar-refractivity contribution in [2.45, 2.75) is 19.4 Å². The van der Waals surface area contributed by atoms with E-state index in [2.05, 4.69) is 33.5 Å². The number of halogens is 1. The van der Waals surface area contributed by atoms with Crippen molar-refractivity contribution in [2.24, 2.45) is 11.8 Å². The van der Waals surface area contributed by atoms with Crippen LogP contribution in [0.5, 0.6) is 0 Å². The van der Waals surface area contributed by atoms with E-state index in [1.54, 1.807) is 4.90 Å². The minimum absolute atomic E-state index is 0. The Kier molecular flexibility index (Phi) is 5.47. The molecule has 2 saturated heterocycles. The van der Waals surface area contributed by atoms with Crippen molar-refractivity contribution in [1.29, 1.82) is 0 Å². The van der Waals surface area contributed by atoms with Gasteiger partial charge in [0.05, 0.1) is 12.1 Å². The van der Waals surface area contributed by atoms with Gasteiger partial charge in [0.1, 0.15) is 6.61 Å². The molecule has 3 aliphatic heterocycles. The number of nitrogens with one attached hydrogen (secondary N) is 2. The maximum atomic E-state index is 12.6. The highest BCUT2D eigenvalue weighted by atomic mass is 35.5. The van der Waals surface area contributed by atoms with Gasteiger partial charge < -0.3 is 19.9 Å². The predicted molar refractivity (Wildman–Crippen MR) is 124 cm³/mol. The van der Waals surface area contributed by atoms with Crippen LogP contribution in [0.2, 0.25) is 0 Å². The number of aromatic nitrogens is 1. The molecule has 4 aliphatic rings. The summed E-state index contributed by atoms with van der Waals surface area (Å²) in [7, 11) is 0. The van der Waals surface area contributed by atoms with Crippen LogP contribution in [0.15, 0.2) is 30.5 Å². The van der Waals surface area contributed by atoms with E-state index < -0.39 is 0 Å². The molecule has 0 spiro atoms.